The lowest BCUT2D eigenvalue weighted by atomic mass is 9.96. The molecule has 0 saturated carbocycles. The Labute approximate surface area is 169 Å². The highest BCUT2D eigenvalue weighted by Gasteiger charge is 2.26. The number of carbonyl (C=O) groups is 2. The lowest BCUT2D eigenvalue weighted by Crippen LogP contribution is -2.48. The largest absolute Gasteiger partial charge is 0.450 e. The molecule has 1 aliphatic rings. The first kappa shape index (κ1) is 22.2. The Morgan fingerprint density at radius 2 is 2.00 bits per heavy atom. The van der Waals surface area contributed by atoms with Gasteiger partial charge in [0.05, 0.1) is 12.5 Å². The molecular weight excluding hydrogens is 354 g/mol. The third-order valence-corrected chi connectivity index (χ3v) is 5.00. The Balaban J connectivity index is 1.83. The summed E-state index contributed by atoms with van der Waals surface area (Å²) in [5.74, 6) is 0.497. The fraction of sp³-hybridized carbons (Fsp3) is 0.636. The third kappa shape index (κ3) is 7.89. The highest BCUT2D eigenvalue weighted by Crippen LogP contribution is 2.19. The van der Waals surface area contributed by atoms with Crippen molar-refractivity contribution in [1.29, 1.82) is 0 Å². The minimum atomic E-state index is -0.422. The maximum absolute atomic E-state index is 12.7. The van der Waals surface area contributed by atoms with Crippen molar-refractivity contribution in [3.8, 4) is 0 Å². The van der Waals surface area contributed by atoms with Crippen LogP contribution in [-0.2, 0) is 16.1 Å². The first-order valence-corrected chi connectivity index (χ1v) is 10.4. The summed E-state index contributed by atoms with van der Waals surface area (Å²) in [6.07, 6.45) is 2.32. The van der Waals surface area contributed by atoms with E-state index in [0.29, 0.717) is 19.1 Å². The number of alkyl carbamates (subject to hydrolysis) is 1. The van der Waals surface area contributed by atoms with Crippen LogP contribution in [0.3, 0.4) is 0 Å². The molecular formula is C22H35N3O3. The lowest BCUT2D eigenvalue weighted by molar-refractivity contribution is -0.126. The monoisotopic (exact) mass is 389 g/mol. The lowest BCUT2D eigenvalue weighted by Gasteiger charge is -2.32. The molecule has 6 heteroatoms. The van der Waals surface area contributed by atoms with E-state index >= 15 is 0 Å². The van der Waals surface area contributed by atoms with Crippen molar-refractivity contribution in [2.75, 3.05) is 26.2 Å². The van der Waals surface area contributed by atoms with Crippen LogP contribution in [0.25, 0.3) is 0 Å². The number of piperidine rings is 1. The molecule has 0 bridgehead atoms. The van der Waals surface area contributed by atoms with E-state index in [4.69, 9.17) is 4.74 Å². The van der Waals surface area contributed by atoms with Crippen LogP contribution in [0.15, 0.2) is 30.3 Å². The zero-order valence-electron chi connectivity index (χ0n) is 17.4. The van der Waals surface area contributed by atoms with Gasteiger partial charge in [0.2, 0.25) is 5.91 Å². The zero-order valence-corrected chi connectivity index (χ0v) is 17.4. The quantitative estimate of drug-likeness (QED) is 0.681. The molecule has 2 N–H and O–H groups in total. The van der Waals surface area contributed by atoms with Crippen LogP contribution in [0.1, 0.15) is 45.6 Å². The van der Waals surface area contributed by atoms with Gasteiger partial charge >= 0.3 is 6.09 Å². The number of ether oxygens (including phenoxy) is 1. The topological polar surface area (TPSA) is 70.7 Å². The number of likely N-dealkylation sites (tertiary alicyclic amines) is 1. The molecule has 0 aliphatic carbocycles. The van der Waals surface area contributed by atoms with Gasteiger partial charge in [-0.25, -0.2) is 4.79 Å². The summed E-state index contributed by atoms with van der Waals surface area (Å²) < 4.78 is 4.98. The predicted molar refractivity (Wildman–Crippen MR) is 111 cm³/mol. The van der Waals surface area contributed by atoms with Crippen molar-refractivity contribution < 1.29 is 14.3 Å². The summed E-state index contributed by atoms with van der Waals surface area (Å²) in [5.41, 5.74) is 1.28. The SMILES string of the molecule is CCOC(=O)NC(CNC(=O)C1CCCN(Cc2ccccc2)C1)CC(C)C. The first-order valence-electron chi connectivity index (χ1n) is 10.4. The summed E-state index contributed by atoms with van der Waals surface area (Å²) in [5, 5.41) is 5.92. The molecule has 1 aromatic rings. The van der Waals surface area contributed by atoms with Crippen LogP contribution in [0.2, 0.25) is 0 Å². The summed E-state index contributed by atoms with van der Waals surface area (Å²) >= 11 is 0. The average Bonchev–Trinajstić information content (AvgIpc) is 2.66. The number of nitrogens with zero attached hydrogens (tertiary/aromatic N) is 1. The molecule has 1 heterocycles. The summed E-state index contributed by atoms with van der Waals surface area (Å²) in [4.78, 5) is 26.8. The second-order valence-corrected chi connectivity index (χ2v) is 8.00. The van der Waals surface area contributed by atoms with Crippen molar-refractivity contribution >= 4 is 12.0 Å². The molecule has 1 saturated heterocycles. The molecule has 1 fully saturated rings. The van der Waals surface area contributed by atoms with E-state index in [1.807, 2.05) is 6.07 Å². The minimum absolute atomic E-state index is 0.000226. The molecule has 156 valence electrons. The van der Waals surface area contributed by atoms with E-state index in [-0.39, 0.29) is 17.9 Å². The third-order valence-electron chi connectivity index (χ3n) is 5.00. The second kappa shape index (κ2) is 11.7. The van der Waals surface area contributed by atoms with E-state index in [1.165, 1.54) is 5.56 Å². The molecule has 2 unspecified atom stereocenters. The van der Waals surface area contributed by atoms with Gasteiger partial charge in [0.25, 0.3) is 0 Å². The molecule has 6 nitrogen and oxygen atoms in total. The first-order chi connectivity index (χ1) is 13.5. The maximum atomic E-state index is 12.7. The van der Waals surface area contributed by atoms with Crippen LogP contribution in [-0.4, -0.2) is 49.2 Å². The fourth-order valence-corrected chi connectivity index (χ4v) is 3.72. The maximum Gasteiger partial charge on any atom is 0.407 e. The number of hydrogen-bond donors (Lipinski definition) is 2. The Kier molecular flexibility index (Phi) is 9.28. The molecule has 2 atom stereocenters. The molecule has 0 radical (unpaired) electrons. The van der Waals surface area contributed by atoms with Gasteiger partial charge < -0.3 is 15.4 Å². The van der Waals surface area contributed by atoms with Crippen LogP contribution < -0.4 is 10.6 Å². The highest BCUT2D eigenvalue weighted by atomic mass is 16.5. The number of hydrogen-bond acceptors (Lipinski definition) is 4. The van der Waals surface area contributed by atoms with Gasteiger partial charge in [0.15, 0.2) is 0 Å². The molecule has 28 heavy (non-hydrogen) atoms. The molecule has 0 spiro atoms. The standard InChI is InChI=1S/C22H35N3O3/c1-4-28-22(27)24-20(13-17(2)3)14-23-21(26)19-11-8-12-25(16-19)15-18-9-6-5-7-10-18/h5-7,9-10,17,19-20H,4,8,11-16H2,1-3H3,(H,23,26)(H,24,27). The second-order valence-electron chi connectivity index (χ2n) is 8.00. The van der Waals surface area contributed by atoms with E-state index in [9.17, 15) is 9.59 Å². The number of nitrogens with one attached hydrogen (secondary N) is 2. The van der Waals surface area contributed by atoms with Gasteiger partial charge in [-0.05, 0) is 44.2 Å². The van der Waals surface area contributed by atoms with Gasteiger partial charge in [-0.15, -0.1) is 0 Å². The van der Waals surface area contributed by atoms with Crippen molar-refractivity contribution in [3.05, 3.63) is 35.9 Å². The van der Waals surface area contributed by atoms with Crippen molar-refractivity contribution in [2.24, 2.45) is 11.8 Å². The molecule has 2 rings (SSSR count). The van der Waals surface area contributed by atoms with Crippen LogP contribution >= 0.6 is 0 Å². The normalized spacial score (nSPS) is 18.5. The summed E-state index contributed by atoms with van der Waals surface area (Å²) in [6.45, 7) is 9.44. The van der Waals surface area contributed by atoms with E-state index < -0.39 is 6.09 Å². The Bertz CT molecular complexity index is 606. The smallest absolute Gasteiger partial charge is 0.407 e. The Morgan fingerprint density at radius 3 is 2.68 bits per heavy atom. The van der Waals surface area contributed by atoms with Gasteiger partial charge in [0.1, 0.15) is 0 Å². The molecule has 0 aromatic heterocycles. The summed E-state index contributed by atoms with van der Waals surface area (Å²) in [6, 6.07) is 10.3. The Morgan fingerprint density at radius 1 is 1.25 bits per heavy atom. The van der Waals surface area contributed by atoms with E-state index in [1.54, 1.807) is 6.92 Å². The van der Waals surface area contributed by atoms with Crippen molar-refractivity contribution in [3.63, 3.8) is 0 Å². The highest BCUT2D eigenvalue weighted by molar-refractivity contribution is 5.79. The number of carbonyl (C=O) groups excluding carboxylic acids is 2. The van der Waals surface area contributed by atoms with Gasteiger partial charge in [-0.1, -0.05) is 44.2 Å². The van der Waals surface area contributed by atoms with Gasteiger partial charge in [-0.3, -0.25) is 9.69 Å². The average molecular weight is 390 g/mol. The van der Waals surface area contributed by atoms with Crippen LogP contribution in [0, 0.1) is 11.8 Å². The molecule has 2 amide bonds. The zero-order chi connectivity index (χ0) is 20.4. The van der Waals surface area contributed by atoms with Crippen LogP contribution in [0.4, 0.5) is 4.79 Å². The van der Waals surface area contributed by atoms with Gasteiger partial charge in [-0.2, -0.15) is 0 Å². The number of amides is 2. The number of benzene rings is 1. The minimum Gasteiger partial charge on any atom is -0.450 e. The fourth-order valence-electron chi connectivity index (χ4n) is 3.72. The van der Waals surface area contributed by atoms with E-state index in [2.05, 4.69) is 53.6 Å². The summed E-state index contributed by atoms with van der Waals surface area (Å²) in [7, 11) is 0. The molecule has 1 aliphatic heterocycles. The predicted octanol–water partition coefficient (Wildman–Crippen LogP) is 3.18. The van der Waals surface area contributed by atoms with Crippen molar-refractivity contribution in [2.45, 2.75) is 52.6 Å². The van der Waals surface area contributed by atoms with Crippen LogP contribution in [0.5, 0.6) is 0 Å². The van der Waals surface area contributed by atoms with Crippen molar-refractivity contribution in [1.82, 2.24) is 15.5 Å². The molecule has 1 aromatic carbocycles. The Hall–Kier alpha value is -2.08. The van der Waals surface area contributed by atoms with Gasteiger partial charge in [0, 0.05) is 25.7 Å². The number of rotatable bonds is 9. The van der Waals surface area contributed by atoms with E-state index in [0.717, 1.165) is 38.9 Å².